The first kappa shape index (κ1) is 24.8. The van der Waals surface area contributed by atoms with Gasteiger partial charge in [-0.1, -0.05) is 83.9 Å². The molecule has 0 aliphatic rings. The molecule has 3 aromatic carbocycles. The molecule has 0 aromatic heterocycles. The molecule has 2 amide bonds. The Morgan fingerprint density at radius 1 is 0.848 bits per heavy atom. The van der Waals surface area contributed by atoms with Crippen LogP contribution in [0.2, 0.25) is 10.0 Å². The number of rotatable bonds is 9. The number of benzene rings is 3. The number of nitrogens with one attached hydrogen (secondary N) is 1. The Balaban J connectivity index is 1.97. The number of halogens is 2. The second-order valence-corrected chi connectivity index (χ2v) is 9.13. The Labute approximate surface area is 205 Å². The number of amides is 2. The average Bonchev–Trinajstić information content (AvgIpc) is 2.79. The summed E-state index contributed by atoms with van der Waals surface area (Å²) in [6, 6.07) is 23.6. The monoisotopic (exact) mass is 482 g/mol. The molecule has 4 nitrogen and oxygen atoms in total. The predicted molar refractivity (Wildman–Crippen MR) is 134 cm³/mol. The summed E-state index contributed by atoms with van der Waals surface area (Å²) < 4.78 is 0. The van der Waals surface area contributed by atoms with Gasteiger partial charge in [-0.2, -0.15) is 0 Å². The van der Waals surface area contributed by atoms with Crippen LogP contribution in [-0.4, -0.2) is 28.8 Å². The quantitative estimate of drug-likeness (QED) is 0.425. The van der Waals surface area contributed by atoms with Crippen molar-refractivity contribution in [2.75, 3.05) is 0 Å². The molecule has 0 spiro atoms. The van der Waals surface area contributed by atoms with Gasteiger partial charge < -0.3 is 10.2 Å². The lowest BCUT2D eigenvalue weighted by Crippen LogP contribution is -2.52. The van der Waals surface area contributed by atoms with Gasteiger partial charge in [0.05, 0.1) is 6.42 Å². The van der Waals surface area contributed by atoms with E-state index in [4.69, 9.17) is 23.2 Å². The molecule has 0 fully saturated rings. The zero-order valence-corrected chi connectivity index (χ0v) is 20.3. The molecule has 0 radical (unpaired) electrons. The molecule has 0 unspecified atom stereocenters. The third kappa shape index (κ3) is 7.34. The lowest BCUT2D eigenvalue weighted by atomic mass is 10.0. The zero-order valence-electron chi connectivity index (χ0n) is 18.8. The van der Waals surface area contributed by atoms with Gasteiger partial charge in [0.2, 0.25) is 11.8 Å². The van der Waals surface area contributed by atoms with Gasteiger partial charge in [-0.15, -0.1) is 0 Å². The van der Waals surface area contributed by atoms with Gasteiger partial charge >= 0.3 is 0 Å². The summed E-state index contributed by atoms with van der Waals surface area (Å²) in [4.78, 5) is 28.6. The molecule has 172 valence electrons. The molecule has 3 aromatic rings. The normalized spacial score (nSPS) is 11.8. The number of nitrogens with zero attached hydrogens (tertiary/aromatic N) is 1. The lowest BCUT2D eigenvalue weighted by Gasteiger charge is -2.32. The van der Waals surface area contributed by atoms with Crippen molar-refractivity contribution in [2.45, 2.75) is 45.3 Å². The Bertz CT molecular complexity index is 1070. The summed E-state index contributed by atoms with van der Waals surface area (Å²) in [5.41, 5.74) is 2.60. The number of hydrogen-bond acceptors (Lipinski definition) is 2. The van der Waals surface area contributed by atoms with Gasteiger partial charge in [0.15, 0.2) is 0 Å². The highest BCUT2D eigenvalue weighted by atomic mass is 35.5. The van der Waals surface area contributed by atoms with E-state index >= 15 is 0 Å². The van der Waals surface area contributed by atoms with Crippen molar-refractivity contribution in [1.29, 1.82) is 0 Å². The summed E-state index contributed by atoms with van der Waals surface area (Å²) in [5, 5.41) is 4.16. The molecule has 0 saturated carbocycles. The van der Waals surface area contributed by atoms with Crippen molar-refractivity contribution in [3.63, 3.8) is 0 Å². The topological polar surface area (TPSA) is 49.4 Å². The third-order valence-electron chi connectivity index (χ3n) is 5.27. The predicted octanol–water partition coefficient (Wildman–Crippen LogP) is 5.70. The van der Waals surface area contributed by atoms with E-state index in [0.717, 1.165) is 16.7 Å². The Morgan fingerprint density at radius 3 is 2.12 bits per heavy atom. The van der Waals surface area contributed by atoms with Crippen LogP contribution >= 0.6 is 23.2 Å². The van der Waals surface area contributed by atoms with Crippen molar-refractivity contribution in [3.05, 3.63) is 106 Å². The van der Waals surface area contributed by atoms with Gasteiger partial charge in [-0.25, -0.2) is 0 Å². The molecule has 0 heterocycles. The second kappa shape index (κ2) is 11.9. The van der Waals surface area contributed by atoms with Crippen molar-refractivity contribution in [1.82, 2.24) is 10.2 Å². The Hall–Kier alpha value is -2.82. The van der Waals surface area contributed by atoms with E-state index in [1.54, 1.807) is 23.1 Å². The van der Waals surface area contributed by atoms with Crippen LogP contribution in [0.25, 0.3) is 0 Å². The fourth-order valence-corrected chi connectivity index (χ4v) is 3.94. The molecule has 0 bridgehead atoms. The minimum Gasteiger partial charge on any atom is -0.352 e. The van der Waals surface area contributed by atoms with Crippen LogP contribution in [-0.2, 0) is 29.0 Å². The van der Waals surface area contributed by atoms with Crippen LogP contribution in [0.3, 0.4) is 0 Å². The van der Waals surface area contributed by atoms with Crippen molar-refractivity contribution in [2.24, 2.45) is 0 Å². The number of hydrogen-bond donors (Lipinski definition) is 1. The summed E-state index contributed by atoms with van der Waals surface area (Å²) >= 11 is 12.4. The standard InChI is InChI=1S/C27H28Cl2N2O2/c1-19(2)30-27(33)25(16-20-8-4-3-5-9-20)31(18-22-10-6-7-11-24(22)29)26(32)17-21-12-14-23(28)15-13-21/h3-15,19,25H,16-18H2,1-2H3,(H,30,33)/t25-/m0/s1. The van der Waals surface area contributed by atoms with Gasteiger partial charge in [0, 0.05) is 29.1 Å². The largest absolute Gasteiger partial charge is 0.352 e. The highest BCUT2D eigenvalue weighted by Crippen LogP contribution is 2.22. The fraction of sp³-hybridized carbons (Fsp3) is 0.259. The van der Waals surface area contributed by atoms with Crippen molar-refractivity contribution >= 4 is 35.0 Å². The number of carbonyl (C=O) groups is 2. The highest BCUT2D eigenvalue weighted by Gasteiger charge is 2.31. The minimum absolute atomic E-state index is 0.0516. The second-order valence-electron chi connectivity index (χ2n) is 8.29. The van der Waals surface area contributed by atoms with E-state index in [0.29, 0.717) is 16.5 Å². The maximum atomic E-state index is 13.6. The third-order valence-corrected chi connectivity index (χ3v) is 5.89. The van der Waals surface area contributed by atoms with Gasteiger partial charge in [-0.3, -0.25) is 9.59 Å². The van der Waals surface area contributed by atoms with Crippen LogP contribution in [0.1, 0.15) is 30.5 Å². The molecule has 0 saturated heterocycles. The molecular formula is C27H28Cl2N2O2. The van der Waals surface area contributed by atoms with E-state index in [9.17, 15) is 9.59 Å². The summed E-state index contributed by atoms with van der Waals surface area (Å²) in [5.74, 6) is -0.345. The highest BCUT2D eigenvalue weighted by molar-refractivity contribution is 6.31. The SMILES string of the molecule is CC(C)NC(=O)[C@H](Cc1ccccc1)N(Cc1ccccc1Cl)C(=O)Cc1ccc(Cl)cc1. The Morgan fingerprint density at radius 2 is 1.48 bits per heavy atom. The van der Waals surface area contributed by atoms with Crippen molar-refractivity contribution < 1.29 is 9.59 Å². The first-order valence-electron chi connectivity index (χ1n) is 10.9. The summed E-state index contributed by atoms with van der Waals surface area (Å²) in [6.07, 6.45) is 0.554. The van der Waals surface area contributed by atoms with Gasteiger partial charge in [0.1, 0.15) is 6.04 Å². The summed E-state index contributed by atoms with van der Waals surface area (Å²) in [6.45, 7) is 4.05. The maximum absolute atomic E-state index is 13.6. The van der Waals surface area contributed by atoms with Gasteiger partial charge in [-0.05, 0) is 48.7 Å². The Kier molecular flexibility index (Phi) is 8.93. The lowest BCUT2D eigenvalue weighted by molar-refractivity contribution is -0.141. The number of carbonyl (C=O) groups excluding carboxylic acids is 2. The average molecular weight is 483 g/mol. The molecule has 1 atom stereocenters. The zero-order chi connectivity index (χ0) is 23.8. The van der Waals surface area contributed by atoms with Crippen LogP contribution in [0.5, 0.6) is 0 Å². The fourth-order valence-electron chi connectivity index (χ4n) is 3.62. The molecule has 33 heavy (non-hydrogen) atoms. The molecule has 0 aliphatic heterocycles. The molecule has 3 rings (SSSR count). The van der Waals surface area contributed by atoms with Crippen LogP contribution < -0.4 is 5.32 Å². The molecular weight excluding hydrogens is 455 g/mol. The molecule has 6 heteroatoms. The van der Waals surface area contributed by atoms with Crippen LogP contribution in [0.15, 0.2) is 78.9 Å². The van der Waals surface area contributed by atoms with E-state index in [-0.39, 0.29) is 30.8 Å². The summed E-state index contributed by atoms with van der Waals surface area (Å²) in [7, 11) is 0. The molecule has 1 N–H and O–H groups in total. The van der Waals surface area contributed by atoms with E-state index in [2.05, 4.69) is 5.32 Å². The maximum Gasteiger partial charge on any atom is 0.243 e. The van der Waals surface area contributed by atoms with E-state index in [1.807, 2.05) is 74.5 Å². The first-order chi connectivity index (χ1) is 15.8. The van der Waals surface area contributed by atoms with Crippen LogP contribution in [0.4, 0.5) is 0 Å². The van der Waals surface area contributed by atoms with Gasteiger partial charge in [0.25, 0.3) is 0 Å². The smallest absolute Gasteiger partial charge is 0.243 e. The van der Waals surface area contributed by atoms with E-state index in [1.165, 1.54) is 0 Å². The molecule has 0 aliphatic carbocycles. The van der Waals surface area contributed by atoms with Crippen LogP contribution in [0, 0.1) is 0 Å². The van der Waals surface area contributed by atoms with E-state index < -0.39 is 6.04 Å². The first-order valence-corrected chi connectivity index (χ1v) is 11.7. The van der Waals surface area contributed by atoms with Crippen molar-refractivity contribution in [3.8, 4) is 0 Å². The minimum atomic E-state index is -0.689.